The molecule has 0 N–H and O–H groups in total. The molecule has 1 nitrogen and oxygen atoms in total. The van der Waals surface area contributed by atoms with Crippen molar-refractivity contribution in [3.05, 3.63) is 35.1 Å². The third kappa shape index (κ3) is 3.55. The summed E-state index contributed by atoms with van der Waals surface area (Å²) in [7, 11) is 3.78. The lowest BCUT2D eigenvalue weighted by molar-refractivity contribution is 0.397. The largest absolute Gasteiger partial charge is 0.309 e. The van der Waals surface area contributed by atoms with Crippen LogP contribution in [-0.2, 0) is 6.42 Å². The molecule has 0 atom stereocenters. The highest BCUT2D eigenvalue weighted by Gasteiger charge is 2.10. The van der Waals surface area contributed by atoms with E-state index in [0.29, 0.717) is 18.9 Å². The van der Waals surface area contributed by atoms with Gasteiger partial charge in [-0.15, -0.1) is 0 Å². The van der Waals surface area contributed by atoms with E-state index in [1.807, 2.05) is 19.0 Å². The van der Waals surface area contributed by atoms with E-state index in [1.54, 1.807) is 0 Å². The molecule has 1 aromatic rings. The topological polar surface area (TPSA) is 3.24 Å². The standard InChI is InChI=1S/C11H14F3N/c1-15(2)5-3-4-8-6-9(12)7-10(13)11(8)14/h6-7H,3-5H2,1-2H3. The Labute approximate surface area is 87.5 Å². The highest BCUT2D eigenvalue weighted by molar-refractivity contribution is 5.20. The van der Waals surface area contributed by atoms with Gasteiger partial charge in [-0.2, -0.15) is 0 Å². The van der Waals surface area contributed by atoms with E-state index in [9.17, 15) is 13.2 Å². The quantitative estimate of drug-likeness (QED) is 0.701. The second-order valence-electron chi connectivity index (χ2n) is 3.77. The van der Waals surface area contributed by atoms with Crippen molar-refractivity contribution in [2.75, 3.05) is 20.6 Å². The number of benzene rings is 1. The lowest BCUT2D eigenvalue weighted by Gasteiger charge is -2.09. The van der Waals surface area contributed by atoms with Crippen LogP contribution in [0.2, 0.25) is 0 Å². The first-order chi connectivity index (χ1) is 7.00. The summed E-state index contributed by atoms with van der Waals surface area (Å²) in [5, 5.41) is 0. The molecule has 0 saturated carbocycles. The molecule has 4 heteroatoms. The van der Waals surface area contributed by atoms with Gasteiger partial charge in [0.15, 0.2) is 11.6 Å². The Hall–Kier alpha value is -1.03. The minimum Gasteiger partial charge on any atom is -0.309 e. The zero-order chi connectivity index (χ0) is 11.4. The van der Waals surface area contributed by atoms with Crippen LogP contribution in [-0.4, -0.2) is 25.5 Å². The summed E-state index contributed by atoms with van der Waals surface area (Å²) in [4.78, 5) is 1.94. The van der Waals surface area contributed by atoms with Gasteiger partial charge in [0.2, 0.25) is 0 Å². The van der Waals surface area contributed by atoms with Gasteiger partial charge in [0.1, 0.15) is 5.82 Å². The molecule has 0 saturated heterocycles. The van der Waals surface area contributed by atoms with Crippen LogP contribution >= 0.6 is 0 Å². The Balaban J connectivity index is 2.68. The van der Waals surface area contributed by atoms with Crippen molar-refractivity contribution in [1.29, 1.82) is 0 Å². The van der Waals surface area contributed by atoms with Crippen molar-refractivity contribution in [3.8, 4) is 0 Å². The molecular weight excluding hydrogens is 203 g/mol. The van der Waals surface area contributed by atoms with Crippen molar-refractivity contribution in [3.63, 3.8) is 0 Å². The lowest BCUT2D eigenvalue weighted by Crippen LogP contribution is -2.14. The van der Waals surface area contributed by atoms with Gasteiger partial charge >= 0.3 is 0 Å². The Bertz CT molecular complexity index is 337. The molecule has 0 radical (unpaired) electrons. The maximum absolute atomic E-state index is 13.2. The molecule has 0 aliphatic heterocycles. The summed E-state index contributed by atoms with van der Waals surface area (Å²) in [6.07, 6.45) is 1.02. The van der Waals surface area contributed by atoms with Crippen LogP contribution < -0.4 is 0 Å². The van der Waals surface area contributed by atoms with Gasteiger partial charge in [-0.1, -0.05) is 0 Å². The van der Waals surface area contributed by atoms with Crippen LogP contribution in [0.25, 0.3) is 0 Å². The highest BCUT2D eigenvalue weighted by atomic mass is 19.2. The first-order valence-electron chi connectivity index (χ1n) is 4.79. The van der Waals surface area contributed by atoms with Crippen LogP contribution in [0.5, 0.6) is 0 Å². The smallest absolute Gasteiger partial charge is 0.162 e. The maximum Gasteiger partial charge on any atom is 0.162 e. The first-order valence-corrected chi connectivity index (χ1v) is 4.79. The van der Waals surface area contributed by atoms with Crippen molar-refractivity contribution in [1.82, 2.24) is 4.90 Å². The molecule has 0 fully saturated rings. The Morgan fingerprint density at radius 2 is 1.80 bits per heavy atom. The SMILES string of the molecule is CN(C)CCCc1cc(F)cc(F)c1F. The van der Waals surface area contributed by atoms with Gasteiger partial charge in [0.25, 0.3) is 0 Å². The van der Waals surface area contributed by atoms with E-state index in [2.05, 4.69) is 0 Å². The molecular formula is C11H14F3N. The van der Waals surface area contributed by atoms with Crippen LogP contribution in [0.3, 0.4) is 0 Å². The number of hydrogen-bond acceptors (Lipinski definition) is 1. The lowest BCUT2D eigenvalue weighted by atomic mass is 10.1. The van der Waals surface area contributed by atoms with E-state index in [0.717, 1.165) is 12.6 Å². The average Bonchev–Trinajstić information content (AvgIpc) is 2.12. The van der Waals surface area contributed by atoms with Gasteiger partial charge in [0.05, 0.1) is 0 Å². The number of hydrogen-bond donors (Lipinski definition) is 0. The zero-order valence-corrected chi connectivity index (χ0v) is 8.86. The molecule has 0 aromatic heterocycles. The fraction of sp³-hybridized carbons (Fsp3) is 0.455. The number of rotatable bonds is 4. The summed E-state index contributed by atoms with van der Waals surface area (Å²) in [5.74, 6) is -2.78. The van der Waals surface area contributed by atoms with Gasteiger partial charge < -0.3 is 4.90 Å². The molecule has 84 valence electrons. The summed E-state index contributed by atoms with van der Waals surface area (Å²) < 4.78 is 38.7. The molecule has 0 bridgehead atoms. The number of aryl methyl sites for hydroxylation is 1. The summed E-state index contributed by atoms with van der Waals surface area (Å²) in [5.41, 5.74) is 0.106. The predicted molar refractivity (Wildman–Crippen MR) is 53.2 cm³/mol. The average molecular weight is 217 g/mol. The predicted octanol–water partition coefficient (Wildman–Crippen LogP) is 2.60. The van der Waals surface area contributed by atoms with Crippen LogP contribution in [0.15, 0.2) is 12.1 Å². The van der Waals surface area contributed by atoms with E-state index < -0.39 is 17.5 Å². The summed E-state index contributed by atoms with van der Waals surface area (Å²) in [6.45, 7) is 0.761. The normalized spacial score (nSPS) is 11.1. The Kier molecular flexibility index (Phi) is 4.15. The number of nitrogens with zero attached hydrogens (tertiary/aromatic N) is 1. The second-order valence-corrected chi connectivity index (χ2v) is 3.77. The van der Waals surface area contributed by atoms with Crippen molar-refractivity contribution >= 4 is 0 Å². The monoisotopic (exact) mass is 217 g/mol. The van der Waals surface area contributed by atoms with Gasteiger partial charge in [0, 0.05) is 6.07 Å². The maximum atomic E-state index is 13.2. The van der Waals surface area contributed by atoms with E-state index in [4.69, 9.17) is 0 Å². The van der Waals surface area contributed by atoms with Gasteiger partial charge in [-0.25, -0.2) is 13.2 Å². The summed E-state index contributed by atoms with van der Waals surface area (Å²) >= 11 is 0. The molecule has 0 unspecified atom stereocenters. The Morgan fingerprint density at radius 1 is 1.13 bits per heavy atom. The first kappa shape index (κ1) is 12.0. The minimum absolute atomic E-state index is 0.106. The molecule has 0 aliphatic carbocycles. The fourth-order valence-corrected chi connectivity index (χ4v) is 1.38. The van der Waals surface area contributed by atoms with Gasteiger partial charge in [-0.05, 0) is 45.1 Å². The molecule has 0 amide bonds. The minimum atomic E-state index is -1.12. The van der Waals surface area contributed by atoms with Crippen molar-refractivity contribution < 1.29 is 13.2 Å². The van der Waals surface area contributed by atoms with Crippen LogP contribution in [0, 0.1) is 17.5 Å². The number of halogens is 3. The molecule has 1 rings (SSSR count). The second kappa shape index (κ2) is 5.16. The van der Waals surface area contributed by atoms with Crippen LogP contribution in [0.4, 0.5) is 13.2 Å². The summed E-state index contributed by atoms with van der Waals surface area (Å²) in [6, 6.07) is 1.61. The van der Waals surface area contributed by atoms with Crippen LogP contribution in [0.1, 0.15) is 12.0 Å². The van der Waals surface area contributed by atoms with E-state index in [1.165, 1.54) is 0 Å². The van der Waals surface area contributed by atoms with E-state index in [-0.39, 0.29) is 5.56 Å². The third-order valence-electron chi connectivity index (χ3n) is 2.12. The van der Waals surface area contributed by atoms with Crippen molar-refractivity contribution in [2.45, 2.75) is 12.8 Å². The third-order valence-corrected chi connectivity index (χ3v) is 2.12. The van der Waals surface area contributed by atoms with Crippen molar-refractivity contribution in [2.24, 2.45) is 0 Å². The van der Waals surface area contributed by atoms with Gasteiger partial charge in [-0.3, -0.25) is 0 Å². The van der Waals surface area contributed by atoms with E-state index >= 15 is 0 Å². The fourth-order valence-electron chi connectivity index (χ4n) is 1.38. The molecule has 0 heterocycles. The zero-order valence-electron chi connectivity index (χ0n) is 8.86. The molecule has 15 heavy (non-hydrogen) atoms. The molecule has 0 aliphatic rings. The highest BCUT2D eigenvalue weighted by Crippen LogP contribution is 2.15. The Morgan fingerprint density at radius 3 is 2.40 bits per heavy atom. The molecule has 1 aromatic carbocycles. The molecule has 0 spiro atoms.